The maximum atomic E-state index is 13.8. The lowest BCUT2D eigenvalue weighted by Gasteiger charge is -2.30. The van der Waals surface area contributed by atoms with Gasteiger partial charge in [-0.2, -0.15) is 0 Å². The van der Waals surface area contributed by atoms with Gasteiger partial charge in [-0.15, -0.1) is 0 Å². The molecule has 0 aliphatic carbocycles. The van der Waals surface area contributed by atoms with E-state index in [0.29, 0.717) is 19.5 Å². The quantitative estimate of drug-likeness (QED) is 0.368. The third-order valence-electron chi connectivity index (χ3n) is 6.25. The summed E-state index contributed by atoms with van der Waals surface area (Å²) in [5, 5.41) is 3.00. The maximum Gasteiger partial charge on any atom is 0.242 e. The molecule has 4 heteroatoms. The summed E-state index contributed by atoms with van der Waals surface area (Å²) in [5.41, 5.74) is 4.37. The third kappa shape index (κ3) is 7.05. The van der Waals surface area contributed by atoms with Crippen LogP contribution in [0.4, 0.5) is 0 Å². The zero-order chi connectivity index (χ0) is 24.3. The van der Waals surface area contributed by atoms with Gasteiger partial charge in [0, 0.05) is 25.4 Å². The van der Waals surface area contributed by atoms with Gasteiger partial charge in [-0.3, -0.25) is 9.59 Å². The highest BCUT2D eigenvalue weighted by atomic mass is 16.2. The van der Waals surface area contributed by atoms with Crippen molar-refractivity contribution in [2.24, 2.45) is 0 Å². The first-order valence-electron chi connectivity index (χ1n) is 12.2. The van der Waals surface area contributed by atoms with E-state index in [2.05, 4.69) is 36.5 Å². The third-order valence-corrected chi connectivity index (χ3v) is 6.25. The van der Waals surface area contributed by atoms with E-state index in [0.717, 1.165) is 29.5 Å². The van der Waals surface area contributed by atoms with E-state index in [1.165, 1.54) is 5.56 Å². The molecule has 0 aliphatic heterocycles. The zero-order valence-corrected chi connectivity index (χ0v) is 20.5. The number of nitrogens with zero attached hydrogens (tertiary/aromatic N) is 1. The van der Waals surface area contributed by atoms with Crippen LogP contribution in [-0.2, 0) is 16.1 Å². The molecule has 1 N–H and O–H groups in total. The Morgan fingerprint density at radius 1 is 0.853 bits per heavy atom. The minimum absolute atomic E-state index is 0.0311. The molecule has 2 amide bonds. The van der Waals surface area contributed by atoms with Crippen LogP contribution >= 0.6 is 0 Å². The number of carbonyl (C=O) groups is 2. The highest BCUT2D eigenvalue weighted by molar-refractivity contribution is 5.87. The Labute approximate surface area is 204 Å². The summed E-state index contributed by atoms with van der Waals surface area (Å²) in [6.45, 7) is 6.99. The lowest BCUT2D eigenvalue weighted by molar-refractivity contribution is -0.140. The van der Waals surface area contributed by atoms with Crippen LogP contribution in [-0.4, -0.2) is 29.3 Å². The van der Waals surface area contributed by atoms with Gasteiger partial charge >= 0.3 is 0 Å². The van der Waals surface area contributed by atoms with Crippen molar-refractivity contribution in [3.05, 3.63) is 107 Å². The SMILES string of the molecule is CCCCNC(=O)C(C)N(Cc1ccc(C)cc1)C(=O)CC(c1ccccc1)c1ccccc1. The van der Waals surface area contributed by atoms with E-state index in [9.17, 15) is 9.59 Å². The van der Waals surface area contributed by atoms with Gasteiger partial charge < -0.3 is 10.2 Å². The number of hydrogen-bond acceptors (Lipinski definition) is 2. The summed E-state index contributed by atoms with van der Waals surface area (Å²) in [5.74, 6) is -0.216. The molecule has 0 heterocycles. The van der Waals surface area contributed by atoms with E-state index in [1.54, 1.807) is 4.90 Å². The van der Waals surface area contributed by atoms with Gasteiger partial charge in [0.25, 0.3) is 0 Å². The fraction of sp³-hybridized carbons (Fsp3) is 0.333. The molecule has 0 bridgehead atoms. The first-order valence-corrected chi connectivity index (χ1v) is 12.2. The molecular weight excluding hydrogens is 420 g/mol. The minimum Gasteiger partial charge on any atom is -0.354 e. The molecule has 1 atom stereocenters. The van der Waals surface area contributed by atoms with Crippen LogP contribution < -0.4 is 5.32 Å². The van der Waals surface area contributed by atoms with Crippen LogP contribution in [0.2, 0.25) is 0 Å². The van der Waals surface area contributed by atoms with Crippen molar-refractivity contribution in [1.29, 1.82) is 0 Å². The predicted octanol–water partition coefficient (Wildman–Crippen LogP) is 5.85. The smallest absolute Gasteiger partial charge is 0.242 e. The molecule has 3 rings (SSSR count). The number of aryl methyl sites for hydroxylation is 1. The minimum atomic E-state index is -0.558. The van der Waals surface area contributed by atoms with Gasteiger partial charge in [-0.05, 0) is 37.0 Å². The van der Waals surface area contributed by atoms with E-state index in [4.69, 9.17) is 0 Å². The predicted molar refractivity (Wildman–Crippen MR) is 138 cm³/mol. The van der Waals surface area contributed by atoms with E-state index < -0.39 is 6.04 Å². The van der Waals surface area contributed by atoms with Crippen LogP contribution in [0.25, 0.3) is 0 Å². The van der Waals surface area contributed by atoms with Gasteiger partial charge in [-0.25, -0.2) is 0 Å². The standard InChI is InChI=1S/C30H36N2O2/c1-4-5-20-31-30(34)24(3)32(22-25-18-16-23(2)17-19-25)29(33)21-28(26-12-8-6-9-13-26)27-14-10-7-11-15-27/h6-19,24,28H,4-5,20-22H2,1-3H3,(H,31,34). The largest absolute Gasteiger partial charge is 0.354 e. The zero-order valence-electron chi connectivity index (χ0n) is 20.5. The van der Waals surface area contributed by atoms with Crippen LogP contribution in [0.15, 0.2) is 84.9 Å². The number of rotatable bonds is 11. The van der Waals surface area contributed by atoms with Crippen LogP contribution in [0.3, 0.4) is 0 Å². The Kier molecular flexibility index (Phi) is 9.45. The molecule has 4 nitrogen and oxygen atoms in total. The topological polar surface area (TPSA) is 49.4 Å². The molecule has 34 heavy (non-hydrogen) atoms. The first kappa shape index (κ1) is 25.2. The highest BCUT2D eigenvalue weighted by Gasteiger charge is 2.28. The van der Waals surface area contributed by atoms with Gasteiger partial charge in [0.15, 0.2) is 0 Å². The van der Waals surface area contributed by atoms with E-state index in [1.807, 2.05) is 74.5 Å². The van der Waals surface area contributed by atoms with Crippen molar-refractivity contribution >= 4 is 11.8 Å². The molecule has 1 unspecified atom stereocenters. The lowest BCUT2D eigenvalue weighted by atomic mass is 9.88. The second-order valence-electron chi connectivity index (χ2n) is 8.91. The van der Waals surface area contributed by atoms with Gasteiger partial charge in [-0.1, -0.05) is 104 Å². The molecule has 0 saturated carbocycles. The Balaban J connectivity index is 1.87. The number of amides is 2. The summed E-state index contributed by atoms with van der Waals surface area (Å²) < 4.78 is 0. The van der Waals surface area contributed by atoms with Crippen molar-refractivity contribution < 1.29 is 9.59 Å². The Morgan fingerprint density at radius 3 is 1.94 bits per heavy atom. The van der Waals surface area contributed by atoms with Gasteiger partial charge in [0.05, 0.1) is 0 Å². The van der Waals surface area contributed by atoms with Crippen LogP contribution in [0.1, 0.15) is 61.3 Å². The molecule has 3 aromatic carbocycles. The molecule has 3 aromatic rings. The molecule has 0 aromatic heterocycles. The number of unbranched alkanes of at least 4 members (excludes halogenated alkanes) is 1. The maximum absolute atomic E-state index is 13.8. The van der Waals surface area contributed by atoms with Crippen molar-refractivity contribution in [1.82, 2.24) is 10.2 Å². The summed E-state index contributed by atoms with van der Waals surface area (Å²) in [6.07, 6.45) is 2.23. The van der Waals surface area contributed by atoms with Crippen molar-refractivity contribution in [3.63, 3.8) is 0 Å². The summed E-state index contributed by atoms with van der Waals surface area (Å²) in [6, 6.07) is 27.8. The van der Waals surface area contributed by atoms with Crippen molar-refractivity contribution in [2.45, 2.75) is 58.5 Å². The van der Waals surface area contributed by atoms with E-state index in [-0.39, 0.29) is 17.7 Å². The average Bonchev–Trinajstić information content (AvgIpc) is 2.87. The Hall–Kier alpha value is -3.40. The second kappa shape index (κ2) is 12.7. The number of nitrogens with one attached hydrogen (secondary N) is 1. The highest BCUT2D eigenvalue weighted by Crippen LogP contribution is 2.29. The molecule has 178 valence electrons. The number of carbonyl (C=O) groups excluding carboxylic acids is 2. The molecule has 0 saturated heterocycles. The Morgan fingerprint density at radius 2 is 1.41 bits per heavy atom. The normalized spacial score (nSPS) is 11.8. The van der Waals surface area contributed by atoms with Crippen LogP contribution in [0, 0.1) is 6.92 Å². The first-order chi connectivity index (χ1) is 16.5. The van der Waals surface area contributed by atoms with Crippen molar-refractivity contribution in [2.75, 3.05) is 6.54 Å². The monoisotopic (exact) mass is 456 g/mol. The van der Waals surface area contributed by atoms with Gasteiger partial charge in [0.2, 0.25) is 11.8 Å². The molecule has 0 radical (unpaired) electrons. The second-order valence-corrected chi connectivity index (χ2v) is 8.91. The Bertz CT molecular complexity index is 993. The summed E-state index contributed by atoms with van der Waals surface area (Å²) >= 11 is 0. The number of hydrogen-bond donors (Lipinski definition) is 1. The summed E-state index contributed by atoms with van der Waals surface area (Å²) in [7, 11) is 0. The average molecular weight is 457 g/mol. The fourth-order valence-corrected chi connectivity index (χ4v) is 4.10. The van der Waals surface area contributed by atoms with Crippen LogP contribution in [0.5, 0.6) is 0 Å². The van der Waals surface area contributed by atoms with E-state index >= 15 is 0 Å². The summed E-state index contributed by atoms with van der Waals surface area (Å²) in [4.78, 5) is 28.4. The molecule has 0 aliphatic rings. The molecule has 0 fully saturated rings. The van der Waals surface area contributed by atoms with Gasteiger partial charge in [0.1, 0.15) is 6.04 Å². The molecular formula is C30H36N2O2. The number of benzene rings is 3. The lowest BCUT2D eigenvalue weighted by Crippen LogP contribution is -2.48. The molecule has 0 spiro atoms. The van der Waals surface area contributed by atoms with Crippen molar-refractivity contribution in [3.8, 4) is 0 Å². The fourth-order valence-electron chi connectivity index (χ4n) is 4.10.